The average Bonchev–Trinajstić information content (AvgIpc) is 3.92. The van der Waals surface area contributed by atoms with Gasteiger partial charge in [-0.05, 0) is 39.9 Å². The Kier molecular flexibility index (Phi) is 14.0. The zero-order valence-corrected chi connectivity index (χ0v) is 36.2. The van der Waals surface area contributed by atoms with Crippen molar-refractivity contribution in [2.45, 2.75) is 43.0 Å². The number of rotatable bonds is 19. The number of carbonyl (C=O) groups is 1. The van der Waals surface area contributed by atoms with E-state index in [1.165, 1.54) is 42.3 Å². The van der Waals surface area contributed by atoms with Gasteiger partial charge in [0.25, 0.3) is 11.4 Å². The molecule has 19 heteroatoms. The van der Waals surface area contributed by atoms with Crippen LogP contribution >= 0.6 is 0 Å². The lowest BCUT2D eigenvalue weighted by atomic mass is 9.80. The van der Waals surface area contributed by atoms with Crippen LogP contribution in [0.5, 0.6) is 11.6 Å². The lowest BCUT2D eigenvalue weighted by Crippen LogP contribution is -2.40. The first-order chi connectivity index (χ1) is 32.6. The quantitative estimate of drug-likeness (QED) is 0.0459. The number of nitrogens with one attached hydrogen (secondary N) is 1. The van der Waals surface area contributed by atoms with Crippen molar-refractivity contribution in [1.29, 1.82) is 0 Å². The molecule has 4 atom stereocenters. The van der Waals surface area contributed by atoms with Crippen LogP contribution in [-0.2, 0) is 37.4 Å². The van der Waals surface area contributed by atoms with Crippen molar-refractivity contribution in [2.24, 2.45) is 0 Å². The number of methoxy groups -OCH3 is 2. The first-order valence-corrected chi connectivity index (χ1v) is 21.1. The highest BCUT2D eigenvalue weighted by Crippen LogP contribution is 2.43. The highest BCUT2D eigenvalue weighted by molar-refractivity contribution is 5.85. The van der Waals surface area contributed by atoms with E-state index < -0.39 is 46.1 Å². The van der Waals surface area contributed by atoms with E-state index in [9.17, 15) is 30.1 Å². The van der Waals surface area contributed by atoms with E-state index in [1.807, 2.05) is 84.9 Å². The summed E-state index contributed by atoms with van der Waals surface area (Å²) in [4.78, 5) is 47.9. The lowest BCUT2D eigenvalue weighted by Gasteiger charge is -2.37. The van der Waals surface area contributed by atoms with Crippen LogP contribution in [0.3, 0.4) is 0 Å². The zero-order chi connectivity index (χ0) is 46.9. The Morgan fingerprint density at radius 2 is 1.34 bits per heavy atom. The second kappa shape index (κ2) is 20.6. The molecule has 0 saturated carbocycles. The number of hydrogen-bond donors (Lipinski definition) is 2. The van der Waals surface area contributed by atoms with E-state index in [2.05, 4.69) is 20.3 Å². The number of aliphatic hydroxyl groups excluding tert-OH is 1. The maximum atomic E-state index is 13.1. The molecule has 0 spiro atoms. The van der Waals surface area contributed by atoms with Crippen LogP contribution < -0.4 is 14.8 Å². The molecule has 0 radical (unpaired) electrons. The van der Waals surface area contributed by atoms with Crippen molar-refractivity contribution < 1.29 is 48.2 Å². The number of amides is 1. The second-order valence-electron chi connectivity index (χ2n) is 15.3. The Labute approximate surface area is 383 Å². The van der Waals surface area contributed by atoms with Gasteiger partial charge in [-0.15, -0.1) is 0 Å². The summed E-state index contributed by atoms with van der Waals surface area (Å²) in [6.07, 6.45) is -3.01. The van der Waals surface area contributed by atoms with E-state index in [-0.39, 0.29) is 60.6 Å². The fraction of sp³-hybridized carbons (Fsp3) is 0.250. The fourth-order valence-corrected chi connectivity index (χ4v) is 7.96. The molecule has 8 rings (SSSR count). The molecule has 1 saturated heterocycles. The van der Waals surface area contributed by atoms with Crippen LogP contribution in [0.1, 0.15) is 34.0 Å². The molecule has 67 heavy (non-hydrogen) atoms. The SMILES string of the molecule is COc1ccc(C(OC[C@H]2O[C@@H](n3cnc4c(OCCc5ccc([N+](=O)[O-])cc5)nc(NC(=O)OCCc5ccc([N+](=O)[O-])cc5)nc43)[C@H](O)[C@@H]2OC)(c2ccccc2)c2ccccc2)cc1. The second-order valence-corrected chi connectivity index (χ2v) is 15.3. The fourth-order valence-electron chi connectivity index (χ4n) is 7.96. The third kappa shape index (κ3) is 10.0. The molecule has 3 heterocycles. The number of hydrogen-bond acceptors (Lipinski definition) is 15. The summed E-state index contributed by atoms with van der Waals surface area (Å²) in [6.45, 7) is -0.0674. The minimum Gasteiger partial charge on any atom is -0.497 e. The Hall–Kier alpha value is -7.84. The maximum absolute atomic E-state index is 13.1. The number of imidazole rings is 1. The van der Waals surface area contributed by atoms with E-state index >= 15 is 0 Å². The predicted octanol–water partition coefficient (Wildman–Crippen LogP) is 7.35. The van der Waals surface area contributed by atoms with E-state index in [0.29, 0.717) is 17.7 Å². The summed E-state index contributed by atoms with van der Waals surface area (Å²) >= 11 is 0. The first-order valence-electron chi connectivity index (χ1n) is 21.1. The van der Waals surface area contributed by atoms with Crippen molar-refractivity contribution in [1.82, 2.24) is 19.5 Å². The van der Waals surface area contributed by atoms with Gasteiger partial charge in [-0.3, -0.25) is 30.1 Å². The van der Waals surface area contributed by atoms with Gasteiger partial charge in [0.2, 0.25) is 11.8 Å². The molecule has 19 nitrogen and oxygen atoms in total. The summed E-state index contributed by atoms with van der Waals surface area (Å²) < 4.78 is 38.1. The van der Waals surface area contributed by atoms with Crippen molar-refractivity contribution in [3.63, 3.8) is 0 Å². The monoisotopic (exact) mass is 911 g/mol. The number of ether oxygens (including phenoxy) is 6. The largest absolute Gasteiger partial charge is 0.497 e. The van der Waals surface area contributed by atoms with E-state index in [1.54, 1.807) is 31.4 Å². The molecule has 7 aromatic rings. The first kappa shape index (κ1) is 45.7. The van der Waals surface area contributed by atoms with Crippen LogP contribution in [-0.4, -0.2) is 92.9 Å². The lowest BCUT2D eigenvalue weighted by molar-refractivity contribution is -0.385. The molecular formula is C48H45N7O12. The van der Waals surface area contributed by atoms with Gasteiger partial charge in [-0.1, -0.05) is 97.1 Å². The Morgan fingerprint density at radius 1 is 0.776 bits per heavy atom. The minimum absolute atomic E-state index is 0.0162. The molecular weight excluding hydrogens is 867 g/mol. The van der Waals surface area contributed by atoms with Crippen LogP contribution in [0.4, 0.5) is 22.1 Å². The number of carbonyl (C=O) groups excluding carboxylic acids is 1. The minimum atomic E-state index is -1.28. The molecule has 344 valence electrons. The summed E-state index contributed by atoms with van der Waals surface area (Å²) in [5, 5.41) is 36.7. The number of nitrogens with zero attached hydrogens (tertiary/aromatic N) is 6. The van der Waals surface area contributed by atoms with Gasteiger partial charge in [0.05, 0.1) is 43.1 Å². The predicted molar refractivity (Wildman–Crippen MR) is 242 cm³/mol. The Bertz CT molecular complexity index is 2760. The van der Waals surface area contributed by atoms with Crippen molar-refractivity contribution >= 4 is 34.6 Å². The number of aliphatic hydroxyl groups is 1. The van der Waals surface area contributed by atoms with Crippen LogP contribution in [0.2, 0.25) is 0 Å². The zero-order valence-electron chi connectivity index (χ0n) is 36.2. The van der Waals surface area contributed by atoms with Gasteiger partial charge in [0.15, 0.2) is 17.4 Å². The maximum Gasteiger partial charge on any atom is 0.414 e. The molecule has 0 bridgehead atoms. The van der Waals surface area contributed by atoms with E-state index in [0.717, 1.165) is 22.3 Å². The summed E-state index contributed by atoms with van der Waals surface area (Å²) in [5.41, 5.74) is 3.03. The molecule has 1 aliphatic rings. The Balaban J connectivity index is 1.07. The van der Waals surface area contributed by atoms with Gasteiger partial charge < -0.3 is 33.5 Å². The van der Waals surface area contributed by atoms with Gasteiger partial charge in [-0.2, -0.15) is 9.97 Å². The van der Waals surface area contributed by atoms with Gasteiger partial charge in [0.1, 0.15) is 29.7 Å². The third-order valence-electron chi connectivity index (χ3n) is 11.3. The van der Waals surface area contributed by atoms with Gasteiger partial charge in [0, 0.05) is 44.2 Å². The summed E-state index contributed by atoms with van der Waals surface area (Å²) in [7, 11) is 3.07. The number of non-ortho nitro benzene ring substituents is 2. The van der Waals surface area contributed by atoms with Gasteiger partial charge in [-0.25, -0.2) is 9.78 Å². The Morgan fingerprint density at radius 3 is 1.90 bits per heavy atom. The molecule has 0 aliphatic carbocycles. The molecule has 2 N–H and O–H groups in total. The highest BCUT2D eigenvalue weighted by Gasteiger charge is 2.48. The van der Waals surface area contributed by atoms with Crippen LogP contribution in [0.15, 0.2) is 140 Å². The number of anilines is 1. The van der Waals surface area contributed by atoms with E-state index in [4.69, 9.17) is 28.4 Å². The normalized spacial score (nSPS) is 16.9. The number of aromatic nitrogens is 4. The van der Waals surface area contributed by atoms with Gasteiger partial charge >= 0.3 is 6.09 Å². The molecule has 1 fully saturated rings. The average molecular weight is 912 g/mol. The van der Waals surface area contributed by atoms with Crippen LogP contribution in [0, 0.1) is 20.2 Å². The highest BCUT2D eigenvalue weighted by atomic mass is 16.6. The smallest absolute Gasteiger partial charge is 0.414 e. The van der Waals surface area contributed by atoms with Crippen molar-refractivity contribution in [3.8, 4) is 11.6 Å². The third-order valence-corrected chi connectivity index (χ3v) is 11.3. The number of nitro benzene ring substituents is 2. The number of fused-ring (bicyclic) bond motifs is 1. The standard InChI is InChI=1S/C48H45N7O12/c1-62-38-23-17-35(18-24-38)48(33-9-5-3-6-10-33,34-11-7-4-8-12-34)66-29-39-42(63-2)41(56)45(67-39)53-30-49-40-43(53)50-46(51-44(40)64-27-25-31-13-19-36(20-14-31)54(58)59)52-47(57)65-28-26-32-15-21-37(22-16-32)55(60)61/h3-24,30,39,41-42,45,56H,25-29H2,1-2H3,(H,50,51,52,57)/t39-,41-,42-,45-/m1/s1. The molecule has 0 unspecified atom stereocenters. The van der Waals surface area contributed by atoms with Crippen LogP contribution in [0.25, 0.3) is 11.2 Å². The molecule has 2 aromatic heterocycles. The molecule has 5 aromatic carbocycles. The summed E-state index contributed by atoms with van der Waals surface area (Å²) in [5.74, 6) is 0.440. The topological polar surface area (TPSA) is 235 Å². The van der Waals surface area contributed by atoms with Crippen molar-refractivity contribution in [3.05, 3.63) is 188 Å². The summed E-state index contributed by atoms with van der Waals surface area (Å²) in [6, 6.07) is 39.1. The van der Waals surface area contributed by atoms with Crippen molar-refractivity contribution in [2.75, 3.05) is 39.4 Å². The number of nitro groups is 2. The number of benzene rings is 5. The molecule has 1 aliphatic heterocycles. The molecule has 1 amide bonds.